The largest absolute Gasteiger partial charge is 0.493 e. The molecule has 0 saturated carbocycles. The zero-order chi connectivity index (χ0) is 19.5. The van der Waals surface area contributed by atoms with Crippen LogP contribution in [0.5, 0.6) is 5.75 Å². The lowest BCUT2D eigenvalue weighted by Crippen LogP contribution is -2.32. The molecule has 0 aliphatic carbocycles. The van der Waals surface area contributed by atoms with Gasteiger partial charge in [0.2, 0.25) is 0 Å². The van der Waals surface area contributed by atoms with E-state index in [1.54, 1.807) is 7.11 Å². The SMILES string of the molecule is COCCOC(C)(C)CCOC(C)(C)CCOc1ccc(CC=O)cc1. The van der Waals surface area contributed by atoms with Gasteiger partial charge in [0.15, 0.2) is 0 Å². The second-order valence-electron chi connectivity index (χ2n) is 7.57. The van der Waals surface area contributed by atoms with E-state index in [-0.39, 0.29) is 11.2 Å². The molecule has 0 aliphatic heterocycles. The number of ether oxygens (including phenoxy) is 4. The van der Waals surface area contributed by atoms with Crippen LogP contribution in [0.2, 0.25) is 0 Å². The van der Waals surface area contributed by atoms with Gasteiger partial charge in [-0.1, -0.05) is 12.1 Å². The van der Waals surface area contributed by atoms with Gasteiger partial charge in [-0.15, -0.1) is 0 Å². The molecule has 0 saturated heterocycles. The van der Waals surface area contributed by atoms with Gasteiger partial charge in [0.05, 0.1) is 37.6 Å². The average molecular weight is 366 g/mol. The molecule has 0 N–H and O–H groups in total. The van der Waals surface area contributed by atoms with Crippen molar-refractivity contribution in [1.82, 2.24) is 0 Å². The molecule has 0 aliphatic rings. The number of rotatable bonds is 14. The Labute approximate surface area is 158 Å². The number of methoxy groups -OCH3 is 1. The van der Waals surface area contributed by atoms with E-state index in [1.807, 2.05) is 24.3 Å². The summed E-state index contributed by atoms with van der Waals surface area (Å²) in [6, 6.07) is 7.62. The molecule has 1 rings (SSSR count). The second-order valence-corrected chi connectivity index (χ2v) is 7.57. The lowest BCUT2D eigenvalue weighted by atomic mass is 10.0. The smallest absolute Gasteiger partial charge is 0.124 e. The summed E-state index contributed by atoms with van der Waals surface area (Å²) in [7, 11) is 1.67. The van der Waals surface area contributed by atoms with E-state index in [0.717, 1.165) is 30.4 Å². The molecule has 0 aromatic heterocycles. The summed E-state index contributed by atoms with van der Waals surface area (Å²) < 4.78 is 22.6. The molecular weight excluding hydrogens is 332 g/mol. The van der Waals surface area contributed by atoms with Crippen LogP contribution < -0.4 is 4.74 Å². The molecule has 0 bridgehead atoms. The Morgan fingerprint density at radius 1 is 0.846 bits per heavy atom. The highest BCUT2D eigenvalue weighted by Crippen LogP contribution is 2.20. The van der Waals surface area contributed by atoms with Crippen LogP contribution >= 0.6 is 0 Å². The molecule has 0 amide bonds. The molecule has 0 radical (unpaired) electrons. The molecular formula is C21H34O5. The van der Waals surface area contributed by atoms with E-state index < -0.39 is 0 Å². The van der Waals surface area contributed by atoms with Crippen molar-refractivity contribution in [3.05, 3.63) is 29.8 Å². The second kappa shape index (κ2) is 11.3. The minimum absolute atomic E-state index is 0.228. The zero-order valence-electron chi connectivity index (χ0n) is 16.9. The third kappa shape index (κ3) is 9.90. The summed E-state index contributed by atoms with van der Waals surface area (Å²) in [5.74, 6) is 0.808. The number of hydrogen-bond acceptors (Lipinski definition) is 5. The zero-order valence-corrected chi connectivity index (χ0v) is 16.9. The highest BCUT2D eigenvalue weighted by atomic mass is 16.5. The molecule has 0 heterocycles. The predicted molar refractivity (Wildman–Crippen MR) is 103 cm³/mol. The van der Waals surface area contributed by atoms with Crippen molar-refractivity contribution in [2.75, 3.05) is 33.5 Å². The molecule has 1 aromatic rings. The summed E-state index contributed by atoms with van der Waals surface area (Å²) in [5, 5.41) is 0. The fourth-order valence-corrected chi connectivity index (χ4v) is 2.35. The first-order valence-electron chi connectivity index (χ1n) is 9.20. The summed E-state index contributed by atoms with van der Waals surface area (Å²) in [6.07, 6.45) is 2.94. The van der Waals surface area contributed by atoms with Gasteiger partial charge in [-0.3, -0.25) is 0 Å². The first-order valence-corrected chi connectivity index (χ1v) is 9.20. The van der Waals surface area contributed by atoms with Crippen LogP contribution in [0.15, 0.2) is 24.3 Å². The van der Waals surface area contributed by atoms with Gasteiger partial charge in [-0.2, -0.15) is 0 Å². The fourth-order valence-electron chi connectivity index (χ4n) is 2.35. The van der Waals surface area contributed by atoms with Crippen molar-refractivity contribution >= 4 is 6.29 Å². The van der Waals surface area contributed by atoms with Gasteiger partial charge in [0.1, 0.15) is 12.0 Å². The Morgan fingerprint density at radius 3 is 2.00 bits per heavy atom. The highest BCUT2D eigenvalue weighted by Gasteiger charge is 2.22. The molecule has 0 spiro atoms. The van der Waals surface area contributed by atoms with Crippen LogP contribution in [0.1, 0.15) is 46.1 Å². The molecule has 26 heavy (non-hydrogen) atoms. The van der Waals surface area contributed by atoms with Crippen LogP contribution in [-0.4, -0.2) is 51.0 Å². The lowest BCUT2D eigenvalue weighted by Gasteiger charge is -2.29. The maximum atomic E-state index is 10.5. The number of aldehydes is 1. The first-order chi connectivity index (χ1) is 12.3. The topological polar surface area (TPSA) is 54.0 Å². The Morgan fingerprint density at radius 2 is 1.42 bits per heavy atom. The quantitative estimate of drug-likeness (QED) is 0.370. The molecule has 148 valence electrons. The van der Waals surface area contributed by atoms with Crippen molar-refractivity contribution < 1.29 is 23.7 Å². The van der Waals surface area contributed by atoms with E-state index in [9.17, 15) is 4.79 Å². The molecule has 5 heteroatoms. The highest BCUT2D eigenvalue weighted by molar-refractivity contribution is 5.55. The van der Waals surface area contributed by atoms with Gasteiger partial charge in [0, 0.05) is 20.0 Å². The van der Waals surface area contributed by atoms with Crippen LogP contribution in [0.4, 0.5) is 0 Å². The van der Waals surface area contributed by atoms with E-state index >= 15 is 0 Å². The Kier molecular flexibility index (Phi) is 9.84. The first kappa shape index (κ1) is 22.6. The molecule has 0 atom stereocenters. The summed E-state index contributed by atoms with van der Waals surface area (Å²) >= 11 is 0. The third-order valence-corrected chi connectivity index (χ3v) is 4.19. The summed E-state index contributed by atoms with van der Waals surface area (Å²) in [4.78, 5) is 10.5. The monoisotopic (exact) mass is 366 g/mol. The summed E-state index contributed by atoms with van der Waals surface area (Å²) in [5.41, 5.74) is 0.500. The van der Waals surface area contributed by atoms with E-state index in [0.29, 0.717) is 32.8 Å². The fraction of sp³-hybridized carbons (Fsp3) is 0.667. The predicted octanol–water partition coefficient (Wildman–Crippen LogP) is 3.82. The minimum Gasteiger partial charge on any atom is -0.493 e. The van der Waals surface area contributed by atoms with Crippen LogP contribution in [0.3, 0.4) is 0 Å². The third-order valence-electron chi connectivity index (χ3n) is 4.19. The van der Waals surface area contributed by atoms with E-state index in [1.165, 1.54) is 0 Å². The van der Waals surface area contributed by atoms with Crippen molar-refractivity contribution in [3.63, 3.8) is 0 Å². The van der Waals surface area contributed by atoms with Crippen molar-refractivity contribution in [3.8, 4) is 5.75 Å². The summed E-state index contributed by atoms with van der Waals surface area (Å²) in [6.45, 7) is 10.7. The van der Waals surface area contributed by atoms with E-state index in [4.69, 9.17) is 18.9 Å². The van der Waals surface area contributed by atoms with Crippen molar-refractivity contribution in [2.45, 2.75) is 58.2 Å². The van der Waals surface area contributed by atoms with E-state index in [2.05, 4.69) is 27.7 Å². The van der Waals surface area contributed by atoms with Gasteiger partial charge < -0.3 is 23.7 Å². The minimum atomic E-state index is -0.264. The number of carbonyl (C=O) groups is 1. The van der Waals surface area contributed by atoms with Crippen LogP contribution in [-0.2, 0) is 25.4 Å². The molecule has 0 unspecified atom stereocenters. The normalized spacial score (nSPS) is 12.2. The van der Waals surface area contributed by atoms with Crippen molar-refractivity contribution in [2.24, 2.45) is 0 Å². The maximum Gasteiger partial charge on any atom is 0.124 e. The number of benzene rings is 1. The molecule has 1 aromatic carbocycles. The Hall–Kier alpha value is -1.43. The van der Waals surface area contributed by atoms with Crippen molar-refractivity contribution in [1.29, 1.82) is 0 Å². The standard InChI is InChI=1S/C21H34O5/c1-20(2,25-15-12-21(3,4)26-17-16-23-5)11-14-24-19-8-6-18(7-9-19)10-13-22/h6-9,13H,10-12,14-17H2,1-5H3. The number of hydrogen-bond donors (Lipinski definition) is 0. The Balaban J connectivity index is 2.27. The molecule has 0 fully saturated rings. The maximum absolute atomic E-state index is 10.5. The van der Waals surface area contributed by atoms with Gasteiger partial charge in [-0.05, 0) is 51.8 Å². The average Bonchev–Trinajstić information content (AvgIpc) is 2.56. The van der Waals surface area contributed by atoms with Gasteiger partial charge in [0.25, 0.3) is 0 Å². The van der Waals surface area contributed by atoms with Gasteiger partial charge in [-0.25, -0.2) is 0 Å². The van der Waals surface area contributed by atoms with Gasteiger partial charge >= 0.3 is 0 Å². The number of carbonyl (C=O) groups excluding carboxylic acids is 1. The van der Waals surface area contributed by atoms with Crippen LogP contribution in [0.25, 0.3) is 0 Å². The molecule has 5 nitrogen and oxygen atoms in total. The lowest BCUT2D eigenvalue weighted by molar-refractivity contribution is -0.107. The Bertz CT molecular complexity index is 508. The van der Waals surface area contributed by atoms with Crippen LogP contribution in [0, 0.1) is 0 Å².